The lowest BCUT2D eigenvalue weighted by atomic mass is 9.99. The molecule has 10 nitrogen and oxygen atoms in total. The predicted molar refractivity (Wildman–Crippen MR) is 119 cm³/mol. The fourth-order valence-corrected chi connectivity index (χ4v) is 4.98. The van der Waals surface area contributed by atoms with Crippen molar-refractivity contribution in [1.29, 1.82) is 0 Å². The normalized spacial score (nSPS) is 19.3. The number of nitrogens with one attached hydrogen (secondary N) is 2. The lowest BCUT2D eigenvalue weighted by Crippen LogP contribution is -2.52. The molecule has 4 heterocycles. The Kier molecular flexibility index (Phi) is 6.00. The number of carbonyl (C=O) groups excluding carboxylic acids is 4. The average Bonchev–Trinajstić information content (AvgIpc) is 3.40. The van der Waals surface area contributed by atoms with Gasteiger partial charge in [0.2, 0.25) is 11.8 Å². The van der Waals surface area contributed by atoms with Crippen LogP contribution in [0, 0.1) is 12.7 Å². The number of hydrogen-bond acceptors (Lipinski definition) is 6. The number of rotatable bonds is 5. The van der Waals surface area contributed by atoms with Gasteiger partial charge in [0.1, 0.15) is 24.2 Å². The van der Waals surface area contributed by atoms with E-state index in [0.29, 0.717) is 16.8 Å². The molecule has 0 radical (unpaired) electrons. The SMILES string of the molecule is Cc1cc(CNC(=O)OCc2cc3n(n2)CCCC3)c(F)c2c1CN(C1CCC(=O)NC1=O)C2=O. The minimum Gasteiger partial charge on any atom is -0.443 e. The number of aromatic nitrogens is 2. The van der Waals surface area contributed by atoms with E-state index in [-0.39, 0.29) is 49.6 Å². The molecule has 1 aromatic carbocycles. The zero-order chi connectivity index (χ0) is 24.7. The van der Waals surface area contributed by atoms with E-state index >= 15 is 4.39 Å². The molecular formula is C24H26FN5O5. The van der Waals surface area contributed by atoms with Crippen LogP contribution in [-0.4, -0.2) is 44.5 Å². The van der Waals surface area contributed by atoms with E-state index < -0.39 is 29.8 Å². The summed E-state index contributed by atoms with van der Waals surface area (Å²) in [7, 11) is 0. The van der Waals surface area contributed by atoms with Crippen LogP contribution in [0.3, 0.4) is 0 Å². The number of piperidine rings is 1. The number of imide groups is 1. The van der Waals surface area contributed by atoms with Gasteiger partial charge in [-0.3, -0.25) is 24.4 Å². The number of fused-ring (bicyclic) bond motifs is 2. The van der Waals surface area contributed by atoms with Gasteiger partial charge in [-0.2, -0.15) is 5.10 Å². The van der Waals surface area contributed by atoms with Gasteiger partial charge in [0.05, 0.1) is 5.56 Å². The minimum atomic E-state index is -0.823. The molecule has 1 aromatic heterocycles. The molecule has 2 N–H and O–H groups in total. The molecule has 2 aromatic rings. The number of halogens is 1. The third-order valence-electron chi connectivity index (χ3n) is 6.80. The van der Waals surface area contributed by atoms with Gasteiger partial charge in [0, 0.05) is 37.3 Å². The monoisotopic (exact) mass is 483 g/mol. The summed E-state index contributed by atoms with van der Waals surface area (Å²) in [6.45, 7) is 2.55. The topological polar surface area (TPSA) is 123 Å². The fraction of sp³-hybridized carbons (Fsp3) is 0.458. The van der Waals surface area contributed by atoms with Gasteiger partial charge in [0.15, 0.2) is 0 Å². The van der Waals surface area contributed by atoms with Crippen molar-refractivity contribution < 1.29 is 28.3 Å². The van der Waals surface area contributed by atoms with Crippen molar-refractivity contribution in [2.75, 3.05) is 0 Å². The van der Waals surface area contributed by atoms with Crippen LogP contribution in [0.1, 0.15) is 64.1 Å². The van der Waals surface area contributed by atoms with Gasteiger partial charge in [-0.25, -0.2) is 9.18 Å². The maximum atomic E-state index is 15.3. The standard InChI is InChI=1S/C24H26FN5O5/c1-13-8-14(10-26-24(34)35-12-15-9-16-4-2-3-7-30(16)28-15)21(25)20-17(13)11-29(23(20)33)18-5-6-19(31)27-22(18)32/h8-9,18H,2-7,10-12H2,1H3,(H,26,34)(H,27,31,32). The highest BCUT2D eigenvalue weighted by atomic mass is 19.1. The van der Waals surface area contributed by atoms with Gasteiger partial charge < -0.3 is 15.0 Å². The first kappa shape index (κ1) is 23.0. The van der Waals surface area contributed by atoms with Crippen molar-refractivity contribution in [2.45, 2.75) is 71.3 Å². The second kappa shape index (κ2) is 9.12. The number of ether oxygens (including phenoxy) is 1. The second-order valence-electron chi connectivity index (χ2n) is 9.16. The van der Waals surface area contributed by atoms with Crippen LogP contribution < -0.4 is 10.6 Å². The zero-order valence-corrected chi connectivity index (χ0v) is 19.4. The van der Waals surface area contributed by atoms with Gasteiger partial charge in [-0.1, -0.05) is 6.07 Å². The van der Waals surface area contributed by atoms with Crippen molar-refractivity contribution in [1.82, 2.24) is 25.3 Å². The summed E-state index contributed by atoms with van der Waals surface area (Å²) in [5, 5.41) is 9.19. The van der Waals surface area contributed by atoms with Gasteiger partial charge in [0.25, 0.3) is 5.91 Å². The summed E-state index contributed by atoms with van der Waals surface area (Å²) in [6.07, 6.45) is 2.75. The maximum absolute atomic E-state index is 15.3. The van der Waals surface area contributed by atoms with Gasteiger partial charge in [-0.05, 0) is 49.8 Å². The smallest absolute Gasteiger partial charge is 0.407 e. The van der Waals surface area contributed by atoms with E-state index in [1.807, 2.05) is 10.7 Å². The third-order valence-corrected chi connectivity index (χ3v) is 6.80. The molecule has 0 aliphatic carbocycles. The molecule has 1 atom stereocenters. The Morgan fingerprint density at radius 3 is 2.86 bits per heavy atom. The number of hydrogen-bond donors (Lipinski definition) is 2. The fourth-order valence-electron chi connectivity index (χ4n) is 4.98. The van der Waals surface area contributed by atoms with Crippen molar-refractivity contribution in [3.8, 4) is 0 Å². The Morgan fingerprint density at radius 2 is 2.09 bits per heavy atom. The molecule has 5 rings (SSSR count). The quantitative estimate of drug-likeness (QED) is 0.626. The molecule has 1 fully saturated rings. The summed E-state index contributed by atoms with van der Waals surface area (Å²) < 4.78 is 22.5. The Hall–Kier alpha value is -3.76. The lowest BCUT2D eigenvalue weighted by molar-refractivity contribution is -0.136. The maximum Gasteiger partial charge on any atom is 0.407 e. The highest BCUT2D eigenvalue weighted by molar-refractivity contribution is 6.05. The number of alkyl carbamates (subject to hydrolysis) is 1. The predicted octanol–water partition coefficient (Wildman–Crippen LogP) is 1.85. The first-order valence-corrected chi connectivity index (χ1v) is 11.7. The Morgan fingerprint density at radius 1 is 1.26 bits per heavy atom. The average molecular weight is 484 g/mol. The van der Waals surface area contributed by atoms with Crippen LogP contribution in [0.2, 0.25) is 0 Å². The molecule has 184 valence electrons. The van der Waals surface area contributed by atoms with Crippen LogP contribution in [-0.2, 0) is 47.0 Å². The van der Waals surface area contributed by atoms with Crippen LogP contribution in [0.5, 0.6) is 0 Å². The molecule has 35 heavy (non-hydrogen) atoms. The van der Waals surface area contributed by atoms with E-state index in [2.05, 4.69) is 15.7 Å². The minimum absolute atomic E-state index is 0.0108. The zero-order valence-electron chi connectivity index (χ0n) is 19.4. The Labute approximate surface area is 200 Å². The first-order valence-electron chi connectivity index (χ1n) is 11.7. The summed E-state index contributed by atoms with van der Waals surface area (Å²) in [6, 6.07) is 2.69. The van der Waals surface area contributed by atoms with Crippen LogP contribution in [0.4, 0.5) is 9.18 Å². The summed E-state index contributed by atoms with van der Waals surface area (Å²) in [4.78, 5) is 50.2. The summed E-state index contributed by atoms with van der Waals surface area (Å²) >= 11 is 0. The van der Waals surface area contributed by atoms with E-state index in [1.165, 1.54) is 4.90 Å². The van der Waals surface area contributed by atoms with Crippen molar-refractivity contribution >= 4 is 23.8 Å². The molecule has 11 heteroatoms. The lowest BCUT2D eigenvalue weighted by Gasteiger charge is -2.29. The number of aryl methyl sites for hydroxylation is 3. The number of carbonyl (C=O) groups is 4. The molecule has 1 unspecified atom stereocenters. The highest BCUT2D eigenvalue weighted by Gasteiger charge is 2.41. The largest absolute Gasteiger partial charge is 0.443 e. The molecule has 3 aliphatic rings. The van der Waals surface area contributed by atoms with Crippen molar-refractivity contribution in [2.24, 2.45) is 0 Å². The molecule has 1 saturated heterocycles. The molecular weight excluding hydrogens is 457 g/mol. The number of nitrogens with zero attached hydrogens (tertiary/aromatic N) is 3. The molecule has 3 aliphatic heterocycles. The number of amides is 4. The Bertz CT molecular complexity index is 1220. The third kappa shape index (κ3) is 4.38. The van der Waals surface area contributed by atoms with E-state index in [4.69, 9.17) is 4.74 Å². The van der Waals surface area contributed by atoms with Crippen molar-refractivity contribution in [3.05, 3.63) is 51.6 Å². The molecule has 0 spiro atoms. The number of benzene rings is 1. The van der Waals surface area contributed by atoms with Crippen molar-refractivity contribution in [3.63, 3.8) is 0 Å². The highest BCUT2D eigenvalue weighted by Crippen LogP contribution is 2.33. The van der Waals surface area contributed by atoms with Gasteiger partial charge >= 0.3 is 6.09 Å². The summed E-state index contributed by atoms with van der Waals surface area (Å²) in [5.41, 5.74) is 3.03. The Balaban J connectivity index is 1.23. The second-order valence-corrected chi connectivity index (χ2v) is 9.16. The van der Waals surface area contributed by atoms with Gasteiger partial charge in [-0.15, -0.1) is 0 Å². The van der Waals surface area contributed by atoms with E-state index in [1.54, 1.807) is 13.0 Å². The van der Waals surface area contributed by atoms with Crippen LogP contribution >= 0.6 is 0 Å². The molecule has 0 saturated carbocycles. The molecule has 4 amide bonds. The van der Waals surface area contributed by atoms with E-state index in [0.717, 1.165) is 31.5 Å². The van der Waals surface area contributed by atoms with Crippen LogP contribution in [0.15, 0.2) is 12.1 Å². The van der Waals surface area contributed by atoms with E-state index in [9.17, 15) is 19.2 Å². The first-order chi connectivity index (χ1) is 16.8. The van der Waals surface area contributed by atoms with Crippen LogP contribution in [0.25, 0.3) is 0 Å². The molecule has 0 bridgehead atoms. The summed E-state index contributed by atoms with van der Waals surface area (Å²) in [5.74, 6) is -2.26.